The molecular formula is C40H38. The smallest absolute Gasteiger partial charge is 0.00266 e. The highest BCUT2D eigenvalue weighted by Crippen LogP contribution is 2.41. The lowest BCUT2D eigenvalue weighted by molar-refractivity contribution is 1.32. The Labute approximate surface area is 239 Å². The average Bonchev–Trinajstić information content (AvgIpc) is 2.85. The van der Waals surface area contributed by atoms with Gasteiger partial charge in [0, 0.05) is 0 Å². The first-order valence-corrected chi connectivity index (χ1v) is 14.3. The summed E-state index contributed by atoms with van der Waals surface area (Å²) in [6.45, 7) is 17.7. The van der Waals surface area contributed by atoms with E-state index in [1.165, 1.54) is 99.4 Å². The minimum absolute atomic E-state index is 1.29. The van der Waals surface area contributed by atoms with Gasteiger partial charge in [-0.2, -0.15) is 0 Å². The third kappa shape index (κ3) is 4.52. The third-order valence-corrected chi connectivity index (χ3v) is 8.39. The van der Waals surface area contributed by atoms with Crippen molar-refractivity contribution in [2.24, 2.45) is 0 Å². The topological polar surface area (TPSA) is 0 Å². The second-order valence-electron chi connectivity index (χ2n) is 12.0. The summed E-state index contributed by atoms with van der Waals surface area (Å²) in [5.74, 6) is 0. The quantitative estimate of drug-likeness (QED) is 0.204. The highest BCUT2D eigenvalue weighted by molar-refractivity contribution is 6.14. The largest absolute Gasteiger partial charge is 0.0563 e. The van der Waals surface area contributed by atoms with Crippen LogP contribution in [0.5, 0.6) is 0 Å². The SMILES string of the molecule is Cc1cc(C)cc(-c2c3ccc(-c4c(C)cc(C)cc4C)cc3cc3cc(-c4c(C)cc(C)cc4C)ccc23)c1. The van der Waals surface area contributed by atoms with Crippen LogP contribution >= 0.6 is 0 Å². The van der Waals surface area contributed by atoms with Crippen LogP contribution in [0.25, 0.3) is 54.9 Å². The van der Waals surface area contributed by atoms with E-state index in [9.17, 15) is 0 Å². The molecule has 0 aliphatic rings. The van der Waals surface area contributed by atoms with Crippen LogP contribution in [0, 0.1) is 55.4 Å². The number of aryl methyl sites for hydroxylation is 8. The predicted octanol–water partition coefficient (Wildman–Crippen LogP) is 11.5. The maximum Gasteiger partial charge on any atom is -0.00266 e. The van der Waals surface area contributed by atoms with Crippen molar-refractivity contribution in [2.45, 2.75) is 55.4 Å². The first-order valence-electron chi connectivity index (χ1n) is 14.3. The van der Waals surface area contributed by atoms with Crippen molar-refractivity contribution in [1.82, 2.24) is 0 Å². The molecule has 198 valence electrons. The Hall–Kier alpha value is -4.16. The highest BCUT2D eigenvalue weighted by Gasteiger charge is 2.15. The monoisotopic (exact) mass is 518 g/mol. The van der Waals surface area contributed by atoms with Crippen molar-refractivity contribution in [3.05, 3.63) is 129 Å². The fourth-order valence-corrected chi connectivity index (χ4v) is 7.14. The molecule has 0 nitrogen and oxygen atoms in total. The van der Waals surface area contributed by atoms with Gasteiger partial charge in [-0.3, -0.25) is 0 Å². The van der Waals surface area contributed by atoms with E-state index in [1.54, 1.807) is 0 Å². The fourth-order valence-electron chi connectivity index (χ4n) is 7.14. The van der Waals surface area contributed by atoms with E-state index in [4.69, 9.17) is 0 Å². The van der Waals surface area contributed by atoms with Crippen molar-refractivity contribution in [1.29, 1.82) is 0 Å². The van der Waals surface area contributed by atoms with Crippen LogP contribution in [0.4, 0.5) is 0 Å². The van der Waals surface area contributed by atoms with Gasteiger partial charge in [0.25, 0.3) is 0 Å². The van der Waals surface area contributed by atoms with Gasteiger partial charge in [-0.1, -0.05) is 89.0 Å². The number of rotatable bonds is 3. The molecule has 0 unspecified atom stereocenters. The Balaban J connectivity index is 1.68. The van der Waals surface area contributed by atoms with Gasteiger partial charge in [0.1, 0.15) is 0 Å². The molecule has 0 saturated heterocycles. The minimum atomic E-state index is 1.29. The lowest BCUT2D eigenvalue weighted by atomic mass is 9.86. The maximum absolute atomic E-state index is 2.40. The van der Waals surface area contributed by atoms with Crippen LogP contribution in [0.1, 0.15) is 44.5 Å². The van der Waals surface area contributed by atoms with E-state index in [-0.39, 0.29) is 0 Å². The minimum Gasteiger partial charge on any atom is -0.0563 e. The van der Waals surface area contributed by atoms with Gasteiger partial charge < -0.3 is 0 Å². The first kappa shape index (κ1) is 26.1. The number of hydrogen-bond acceptors (Lipinski definition) is 0. The van der Waals surface area contributed by atoms with Crippen LogP contribution in [0.15, 0.2) is 84.9 Å². The molecule has 6 aromatic carbocycles. The Morgan fingerprint density at radius 2 is 0.675 bits per heavy atom. The molecule has 6 rings (SSSR count). The molecule has 0 atom stereocenters. The van der Waals surface area contributed by atoms with Crippen LogP contribution in [0.3, 0.4) is 0 Å². The lowest BCUT2D eigenvalue weighted by Crippen LogP contribution is -1.93. The molecule has 0 aliphatic heterocycles. The summed E-state index contributed by atoms with van der Waals surface area (Å²) in [5, 5.41) is 5.18. The first-order chi connectivity index (χ1) is 19.1. The normalized spacial score (nSPS) is 11.5. The summed E-state index contributed by atoms with van der Waals surface area (Å²) in [7, 11) is 0. The number of benzene rings is 6. The molecule has 0 N–H and O–H groups in total. The van der Waals surface area contributed by atoms with Crippen LogP contribution in [-0.4, -0.2) is 0 Å². The van der Waals surface area contributed by atoms with E-state index < -0.39 is 0 Å². The molecule has 0 heterocycles. The fraction of sp³-hybridized carbons (Fsp3) is 0.200. The second-order valence-corrected chi connectivity index (χ2v) is 12.0. The summed E-state index contributed by atoms with van der Waals surface area (Å²) in [5.41, 5.74) is 18.4. The molecule has 0 heteroatoms. The van der Waals surface area contributed by atoms with Gasteiger partial charge >= 0.3 is 0 Å². The molecule has 0 spiro atoms. The summed E-state index contributed by atoms with van der Waals surface area (Å²) in [6.07, 6.45) is 0. The predicted molar refractivity (Wildman–Crippen MR) is 176 cm³/mol. The van der Waals surface area contributed by atoms with Gasteiger partial charge in [-0.25, -0.2) is 0 Å². The molecule has 0 radical (unpaired) electrons. The molecule has 0 bridgehead atoms. The summed E-state index contributed by atoms with van der Waals surface area (Å²) in [6, 6.07) is 32.7. The molecule has 0 amide bonds. The van der Waals surface area contributed by atoms with E-state index in [1.807, 2.05) is 0 Å². The molecule has 0 aliphatic carbocycles. The van der Waals surface area contributed by atoms with Crippen molar-refractivity contribution in [3.8, 4) is 33.4 Å². The van der Waals surface area contributed by atoms with Gasteiger partial charge in [-0.05, 0) is 151 Å². The van der Waals surface area contributed by atoms with Crippen molar-refractivity contribution in [3.63, 3.8) is 0 Å². The van der Waals surface area contributed by atoms with Crippen molar-refractivity contribution < 1.29 is 0 Å². The van der Waals surface area contributed by atoms with E-state index in [0.29, 0.717) is 0 Å². The van der Waals surface area contributed by atoms with Crippen molar-refractivity contribution in [2.75, 3.05) is 0 Å². The third-order valence-electron chi connectivity index (χ3n) is 8.39. The van der Waals surface area contributed by atoms with Gasteiger partial charge in [0.15, 0.2) is 0 Å². The van der Waals surface area contributed by atoms with Gasteiger partial charge in [0.05, 0.1) is 0 Å². The molecular weight excluding hydrogens is 480 g/mol. The van der Waals surface area contributed by atoms with E-state index >= 15 is 0 Å². The Kier molecular flexibility index (Phi) is 6.38. The van der Waals surface area contributed by atoms with Crippen LogP contribution in [-0.2, 0) is 0 Å². The van der Waals surface area contributed by atoms with Gasteiger partial charge in [-0.15, -0.1) is 0 Å². The van der Waals surface area contributed by atoms with E-state index in [0.717, 1.165) is 0 Å². The van der Waals surface area contributed by atoms with E-state index in [2.05, 4.69) is 140 Å². The highest BCUT2D eigenvalue weighted by atomic mass is 14.2. The molecule has 0 saturated carbocycles. The Morgan fingerprint density at radius 1 is 0.300 bits per heavy atom. The Bertz CT molecular complexity index is 1780. The molecule has 40 heavy (non-hydrogen) atoms. The van der Waals surface area contributed by atoms with Gasteiger partial charge in [0.2, 0.25) is 0 Å². The molecule has 0 fully saturated rings. The second kappa shape index (κ2) is 9.79. The Morgan fingerprint density at radius 3 is 1.07 bits per heavy atom. The number of hydrogen-bond donors (Lipinski definition) is 0. The zero-order valence-corrected chi connectivity index (χ0v) is 25.1. The average molecular weight is 519 g/mol. The molecule has 0 aromatic heterocycles. The summed E-state index contributed by atoms with van der Waals surface area (Å²) in [4.78, 5) is 0. The maximum atomic E-state index is 2.40. The zero-order valence-electron chi connectivity index (χ0n) is 25.1. The molecule has 6 aromatic rings. The van der Waals surface area contributed by atoms with Crippen LogP contribution < -0.4 is 0 Å². The standard InChI is InChI=1S/C40H38/c1-23-13-24(2)19-35(18-23)40-36-11-9-31(38-27(5)14-25(3)15-28(38)6)20-33(36)22-34-21-32(10-12-37(34)40)39-29(7)16-26(4)17-30(39)8/h9-22H,1-8H3. The summed E-state index contributed by atoms with van der Waals surface area (Å²) >= 11 is 0. The lowest BCUT2D eigenvalue weighted by Gasteiger charge is -2.18. The van der Waals surface area contributed by atoms with Crippen LogP contribution in [0.2, 0.25) is 0 Å². The number of fused-ring (bicyclic) bond motifs is 2. The summed E-state index contributed by atoms with van der Waals surface area (Å²) < 4.78 is 0. The van der Waals surface area contributed by atoms with Crippen molar-refractivity contribution >= 4 is 21.5 Å². The zero-order chi connectivity index (χ0) is 28.3.